The molecule has 0 saturated carbocycles. The molecular weight excluding hydrogens is 443 g/mol. The average Bonchev–Trinajstić information content (AvgIpc) is 2.54. The monoisotopic (exact) mass is 448 g/mol. The summed E-state index contributed by atoms with van der Waals surface area (Å²) in [6, 6.07) is 3.97. The zero-order valence-electron chi connectivity index (χ0n) is 12.8. The molecule has 140 valence electrons. The maximum absolute atomic E-state index is 11.8. The number of anilines is 4. The van der Waals surface area contributed by atoms with Crippen molar-refractivity contribution in [3.05, 3.63) is 40.4 Å². The summed E-state index contributed by atoms with van der Waals surface area (Å²) < 4.78 is 33.0. The van der Waals surface area contributed by atoms with Crippen molar-refractivity contribution < 1.29 is 13.0 Å². The lowest BCUT2D eigenvalue weighted by Crippen LogP contribution is -2.07. The molecule has 27 heavy (non-hydrogen) atoms. The quantitative estimate of drug-likeness (QED) is 0.492. The zero-order valence-corrected chi connectivity index (χ0v) is 15.9. The molecule has 0 spiro atoms. The highest BCUT2D eigenvalue weighted by atomic mass is 35.5. The first kappa shape index (κ1) is 19.4. The average molecular weight is 450 g/mol. The lowest BCUT2D eigenvalue weighted by molar-refractivity contribution is 0.483. The van der Waals surface area contributed by atoms with Gasteiger partial charge in [-0.05, 0) is 53.0 Å². The van der Waals surface area contributed by atoms with Gasteiger partial charge in [0, 0.05) is 5.69 Å². The number of nitrogens with one attached hydrogen (secondary N) is 2. The van der Waals surface area contributed by atoms with E-state index in [0.717, 1.165) is 6.07 Å². The van der Waals surface area contributed by atoms with Crippen LogP contribution in [-0.2, 0) is 10.1 Å². The van der Waals surface area contributed by atoms with Gasteiger partial charge in [0.2, 0.25) is 27.7 Å². The van der Waals surface area contributed by atoms with Crippen molar-refractivity contribution in [3.8, 4) is 0 Å². The predicted molar refractivity (Wildman–Crippen MR) is 97.5 cm³/mol. The summed E-state index contributed by atoms with van der Waals surface area (Å²) in [5.41, 5.74) is 0.220. The molecule has 3 N–H and O–H groups in total. The third-order valence-corrected chi connectivity index (χ3v) is 4.30. The van der Waals surface area contributed by atoms with Gasteiger partial charge in [0.05, 0.1) is 5.69 Å². The summed E-state index contributed by atoms with van der Waals surface area (Å²) in [5, 5.41) is 4.89. The molecule has 0 fully saturated rings. The minimum absolute atomic E-state index is 0.0323. The molecule has 0 radical (unpaired) electrons. The van der Waals surface area contributed by atoms with Crippen LogP contribution < -0.4 is 10.6 Å². The zero-order chi connectivity index (χ0) is 19.6. The lowest BCUT2D eigenvalue weighted by atomic mass is 10.3. The van der Waals surface area contributed by atoms with E-state index < -0.39 is 15.0 Å². The van der Waals surface area contributed by atoms with E-state index in [1.165, 1.54) is 18.5 Å². The molecule has 0 aliphatic heterocycles. The van der Waals surface area contributed by atoms with Crippen molar-refractivity contribution in [1.82, 2.24) is 29.9 Å². The Morgan fingerprint density at radius 1 is 0.852 bits per heavy atom. The third-order valence-electron chi connectivity index (χ3n) is 2.89. The fourth-order valence-corrected chi connectivity index (χ4v) is 3.04. The summed E-state index contributed by atoms with van der Waals surface area (Å²) in [6.07, 6.45) is 1.17. The molecule has 0 bridgehead atoms. The Balaban J connectivity index is 1.97. The maximum atomic E-state index is 11.8. The van der Waals surface area contributed by atoms with Crippen LogP contribution >= 0.6 is 34.8 Å². The first-order valence-electron chi connectivity index (χ1n) is 6.78. The highest BCUT2D eigenvalue weighted by Crippen LogP contribution is 2.28. The maximum Gasteiger partial charge on any atom is 0.296 e. The predicted octanol–water partition coefficient (Wildman–Crippen LogP) is 2.75. The van der Waals surface area contributed by atoms with Crippen LogP contribution in [0.4, 0.5) is 23.3 Å². The molecule has 0 saturated heterocycles. The molecule has 15 heteroatoms. The Bertz CT molecular complexity index is 1090. The van der Waals surface area contributed by atoms with Gasteiger partial charge in [0.15, 0.2) is 0 Å². The van der Waals surface area contributed by atoms with E-state index in [0.29, 0.717) is 0 Å². The minimum Gasteiger partial charge on any atom is -0.324 e. The van der Waals surface area contributed by atoms with Crippen molar-refractivity contribution in [2.75, 3.05) is 10.6 Å². The van der Waals surface area contributed by atoms with Crippen molar-refractivity contribution in [1.29, 1.82) is 0 Å². The molecule has 2 heterocycles. The van der Waals surface area contributed by atoms with Crippen LogP contribution in [0.15, 0.2) is 29.4 Å². The normalized spacial score (nSPS) is 11.3. The summed E-state index contributed by atoms with van der Waals surface area (Å²) in [6.45, 7) is 0. The van der Waals surface area contributed by atoms with E-state index in [4.69, 9.17) is 34.8 Å². The fourth-order valence-electron chi connectivity index (χ4n) is 1.88. The Morgan fingerprint density at radius 3 is 2.15 bits per heavy atom. The van der Waals surface area contributed by atoms with Gasteiger partial charge in [-0.1, -0.05) is 0 Å². The van der Waals surface area contributed by atoms with Crippen LogP contribution in [0.3, 0.4) is 0 Å². The fraction of sp³-hybridized carbons (Fsp3) is 0. The van der Waals surface area contributed by atoms with E-state index in [1.807, 2.05) is 0 Å². The Hall–Kier alpha value is -2.38. The van der Waals surface area contributed by atoms with Gasteiger partial charge in [-0.15, -0.1) is 0 Å². The molecule has 11 nitrogen and oxygen atoms in total. The molecule has 0 atom stereocenters. The van der Waals surface area contributed by atoms with Gasteiger partial charge < -0.3 is 10.6 Å². The van der Waals surface area contributed by atoms with E-state index in [1.54, 1.807) is 0 Å². The topological polar surface area (TPSA) is 156 Å². The van der Waals surface area contributed by atoms with E-state index in [2.05, 4.69) is 40.5 Å². The Kier molecular flexibility index (Phi) is 5.53. The first-order chi connectivity index (χ1) is 12.7. The Morgan fingerprint density at radius 2 is 1.52 bits per heavy atom. The summed E-state index contributed by atoms with van der Waals surface area (Å²) in [4.78, 5) is 21.9. The van der Waals surface area contributed by atoms with Crippen molar-refractivity contribution in [3.63, 3.8) is 0 Å². The number of hydrogen-bond acceptors (Lipinski definition) is 10. The number of aromatic nitrogens is 6. The van der Waals surface area contributed by atoms with Gasteiger partial charge >= 0.3 is 0 Å². The van der Waals surface area contributed by atoms with E-state index >= 15 is 0 Å². The lowest BCUT2D eigenvalue weighted by Gasteiger charge is -2.12. The third kappa shape index (κ3) is 5.08. The van der Waals surface area contributed by atoms with Gasteiger partial charge in [0.25, 0.3) is 10.1 Å². The van der Waals surface area contributed by atoms with Crippen LogP contribution in [0.25, 0.3) is 0 Å². The minimum atomic E-state index is -4.62. The number of hydrogen-bond donors (Lipinski definition) is 3. The smallest absolute Gasteiger partial charge is 0.296 e. The molecule has 0 aliphatic rings. The number of benzene rings is 1. The van der Waals surface area contributed by atoms with Gasteiger partial charge in [-0.2, -0.15) is 28.4 Å². The van der Waals surface area contributed by atoms with Gasteiger partial charge in [-0.25, -0.2) is 9.97 Å². The van der Waals surface area contributed by atoms with Gasteiger partial charge in [-0.3, -0.25) is 4.55 Å². The standard InChI is InChI=1S/C12H7Cl3N8O3S/c13-8-16-4-17-11(21-8)18-5-1-2-6(7(3-5)27(24,25)26)19-12-22-9(14)20-10(15)23-12/h1-4H,(H,24,25,26)(H,16,17,18,21)(H,19,20,22,23). The number of rotatable bonds is 5. The molecule has 0 unspecified atom stereocenters. The molecule has 3 aromatic rings. The highest BCUT2D eigenvalue weighted by molar-refractivity contribution is 7.86. The molecule has 1 aromatic carbocycles. The summed E-state index contributed by atoms with van der Waals surface area (Å²) in [5.74, 6) is -0.0390. The van der Waals surface area contributed by atoms with Crippen LogP contribution in [0, 0.1) is 0 Å². The SMILES string of the molecule is O=S(=O)(O)c1cc(Nc2ncnc(Cl)n2)ccc1Nc1nc(Cl)nc(Cl)n1. The van der Waals surface area contributed by atoms with Crippen molar-refractivity contribution in [2.45, 2.75) is 4.90 Å². The second-order valence-corrected chi connectivity index (χ2v) is 7.12. The first-order valence-corrected chi connectivity index (χ1v) is 9.35. The summed E-state index contributed by atoms with van der Waals surface area (Å²) >= 11 is 17.0. The molecular formula is C12H7Cl3N8O3S. The summed E-state index contributed by atoms with van der Waals surface area (Å²) in [7, 11) is -4.62. The number of halogens is 3. The molecule has 0 aliphatic carbocycles. The van der Waals surface area contributed by atoms with Crippen LogP contribution in [0.2, 0.25) is 15.9 Å². The molecule has 3 rings (SSSR count). The number of nitrogens with zero attached hydrogens (tertiary/aromatic N) is 6. The van der Waals surface area contributed by atoms with E-state index in [-0.39, 0.29) is 39.1 Å². The van der Waals surface area contributed by atoms with Crippen LogP contribution in [0.1, 0.15) is 0 Å². The van der Waals surface area contributed by atoms with Crippen LogP contribution in [0.5, 0.6) is 0 Å². The second-order valence-electron chi connectivity index (χ2n) is 4.71. The highest BCUT2D eigenvalue weighted by Gasteiger charge is 2.18. The molecule has 0 amide bonds. The Labute approximate surface area is 167 Å². The molecule has 2 aromatic heterocycles. The largest absolute Gasteiger partial charge is 0.324 e. The van der Waals surface area contributed by atoms with Crippen molar-refractivity contribution >= 4 is 68.2 Å². The second kappa shape index (κ2) is 7.70. The van der Waals surface area contributed by atoms with Crippen molar-refractivity contribution in [2.24, 2.45) is 0 Å². The van der Waals surface area contributed by atoms with E-state index in [9.17, 15) is 13.0 Å². The van der Waals surface area contributed by atoms with Gasteiger partial charge in [0.1, 0.15) is 11.2 Å². The van der Waals surface area contributed by atoms with Crippen LogP contribution in [-0.4, -0.2) is 42.9 Å².